The van der Waals surface area contributed by atoms with Crippen LogP contribution in [0, 0.1) is 12.8 Å². The van der Waals surface area contributed by atoms with Crippen LogP contribution in [0.3, 0.4) is 0 Å². The summed E-state index contributed by atoms with van der Waals surface area (Å²) >= 11 is 0. The van der Waals surface area contributed by atoms with Crippen LogP contribution < -0.4 is 0 Å². The summed E-state index contributed by atoms with van der Waals surface area (Å²) in [5.74, 6) is 0.292. The lowest BCUT2D eigenvalue weighted by molar-refractivity contribution is -0.0238. The van der Waals surface area contributed by atoms with E-state index in [1.165, 1.54) is 9.70 Å². The van der Waals surface area contributed by atoms with Crippen molar-refractivity contribution in [2.75, 3.05) is 19.6 Å². The van der Waals surface area contributed by atoms with Gasteiger partial charge in [-0.05, 0) is 25.5 Å². The lowest BCUT2D eigenvalue weighted by Gasteiger charge is -2.52. The predicted molar refractivity (Wildman–Crippen MR) is 88.6 cm³/mol. The molecule has 1 aromatic carbocycles. The molecule has 2 saturated heterocycles. The summed E-state index contributed by atoms with van der Waals surface area (Å²) in [5, 5.41) is 17.5. The first-order valence-electron chi connectivity index (χ1n) is 8.31. The molecule has 1 N–H and O–H groups in total. The van der Waals surface area contributed by atoms with E-state index >= 15 is 0 Å². The summed E-state index contributed by atoms with van der Waals surface area (Å²) in [7, 11) is 0. The molecule has 2 aromatic rings. The van der Waals surface area contributed by atoms with Crippen LogP contribution in [0.5, 0.6) is 0 Å². The third kappa shape index (κ3) is 2.63. The Labute approximate surface area is 144 Å². The lowest BCUT2D eigenvalue weighted by atomic mass is 9.81. The number of aryl methyl sites for hydroxylation is 1. The molecule has 0 aliphatic carbocycles. The molecule has 0 radical (unpaired) electrons. The zero-order valence-corrected chi connectivity index (χ0v) is 13.9. The van der Waals surface area contributed by atoms with Gasteiger partial charge < -0.3 is 14.9 Å². The van der Waals surface area contributed by atoms with Crippen molar-refractivity contribution in [2.45, 2.75) is 19.4 Å². The molecule has 25 heavy (non-hydrogen) atoms. The number of carboxylic acid groups (broad SMARTS) is 1. The average molecular weight is 341 g/mol. The molecule has 2 unspecified atom stereocenters. The average Bonchev–Trinajstić information content (AvgIpc) is 3.09. The number of hydrogen-bond acceptors (Lipinski definition) is 4. The molecule has 2 aliphatic heterocycles. The number of fused-ring (bicyclic) bond motifs is 1. The number of nitrogens with zero attached hydrogens (tertiary/aromatic N) is 5. The van der Waals surface area contributed by atoms with E-state index in [1.54, 1.807) is 17.3 Å². The summed E-state index contributed by atoms with van der Waals surface area (Å²) in [6.07, 6.45) is 3.02. The quantitative estimate of drug-likeness (QED) is 0.891. The maximum absolute atomic E-state index is 13.1. The minimum absolute atomic E-state index is 0.0451. The summed E-state index contributed by atoms with van der Waals surface area (Å²) in [4.78, 5) is 29.0. The highest BCUT2D eigenvalue weighted by molar-refractivity contribution is 5.98. The van der Waals surface area contributed by atoms with Gasteiger partial charge in [0.1, 0.15) is 0 Å². The van der Waals surface area contributed by atoms with E-state index in [0.717, 1.165) is 12.0 Å². The third-order valence-electron chi connectivity index (χ3n) is 5.10. The highest BCUT2D eigenvalue weighted by Gasteiger charge is 2.46. The summed E-state index contributed by atoms with van der Waals surface area (Å²) in [5.41, 5.74) is 2.16. The van der Waals surface area contributed by atoms with Gasteiger partial charge in [-0.2, -0.15) is 15.0 Å². The van der Waals surface area contributed by atoms with Crippen LogP contribution in [0.15, 0.2) is 30.6 Å². The van der Waals surface area contributed by atoms with Gasteiger partial charge in [0.25, 0.3) is 5.91 Å². The first kappa shape index (κ1) is 15.6. The van der Waals surface area contributed by atoms with Gasteiger partial charge in [0.15, 0.2) is 0 Å². The Morgan fingerprint density at radius 3 is 2.68 bits per heavy atom. The highest BCUT2D eigenvalue weighted by atomic mass is 16.4. The first-order valence-corrected chi connectivity index (χ1v) is 8.31. The van der Waals surface area contributed by atoms with Gasteiger partial charge in [-0.15, -0.1) is 0 Å². The Hall–Kier alpha value is -2.90. The Morgan fingerprint density at radius 2 is 1.96 bits per heavy atom. The SMILES string of the molecule is Cc1ccc(-n2nccn2)c(C(=O)N2CC3CCN(C(=O)O)CC32)c1. The molecule has 2 fully saturated rings. The number of amides is 2. The van der Waals surface area contributed by atoms with Gasteiger partial charge in [-0.1, -0.05) is 11.6 Å². The summed E-state index contributed by atoms with van der Waals surface area (Å²) in [6.45, 7) is 3.54. The fraction of sp³-hybridized carbons (Fsp3) is 0.412. The normalized spacial score (nSPS) is 22.3. The molecule has 8 heteroatoms. The summed E-state index contributed by atoms with van der Waals surface area (Å²) < 4.78 is 0. The van der Waals surface area contributed by atoms with Crippen LogP contribution in [0.1, 0.15) is 22.3 Å². The maximum atomic E-state index is 13.1. The van der Waals surface area contributed by atoms with Crippen LogP contribution in [0.2, 0.25) is 0 Å². The largest absolute Gasteiger partial charge is 0.465 e. The monoisotopic (exact) mass is 341 g/mol. The first-order chi connectivity index (χ1) is 12.0. The molecule has 0 spiro atoms. The van der Waals surface area contributed by atoms with Crippen molar-refractivity contribution in [2.24, 2.45) is 5.92 Å². The standard InChI is InChI=1S/C17H19N5O3/c1-11-2-3-14(22-18-5-6-19-22)13(8-11)16(23)21-9-12-4-7-20(17(24)25)10-15(12)21/h2-3,5-6,8,12,15H,4,7,9-10H2,1H3,(H,24,25). The van der Waals surface area contributed by atoms with Gasteiger partial charge in [-0.3, -0.25) is 4.79 Å². The number of likely N-dealkylation sites (tertiary alicyclic amines) is 2. The molecular weight excluding hydrogens is 322 g/mol. The van der Waals surface area contributed by atoms with Crippen molar-refractivity contribution >= 4 is 12.0 Å². The van der Waals surface area contributed by atoms with E-state index in [4.69, 9.17) is 0 Å². The smallest absolute Gasteiger partial charge is 0.407 e. The van der Waals surface area contributed by atoms with E-state index in [2.05, 4.69) is 10.2 Å². The molecule has 3 heterocycles. The van der Waals surface area contributed by atoms with Crippen LogP contribution in [0.4, 0.5) is 4.79 Å². The van der Waals surface area contributed by atoms with E-state index in [9.17, 15) is 14.7 Å². The Bertz CT molecular complexity index is 820. The number of aromatic nitrogens is 3. The molecule has 130 valence electrons. The number of hydrogen-bond donors (Lipinski definition) is 1. The number of carbonyl (C=O) groups is 2. The van der Waals surface area contributed by atoms with Crippen molar-refractivity contribution in [3.05, 3.63) is 41.7 Å². The van der Waals surface area contributed by atoms with Crippen molar-refractivity contribution in [3.8, 4) is 5.69 Å². The van der Waals surface area contributed by atoms with Crippen molar-refractivity contribution in [1.82, 2.24) is 24.8 Å². The zero-order chi connectivity index (χ0) is 17.6. The molecule has 0 bridgehead atoms. The van der Waals surface area contributed by atoms with Crippen molar-refractivity contribution < 1.29 is 14.7 Å². The van der Waals surface area contributed by atoms with E-state index in [0.29, 0.717) is 36.8 Å². The molecule has 2 atom stereocenters. The maximum Gasteiger partial charge on any atom is 0.407 e. The topological polar surface area (TPSA) is 91.6 Å². The van der Waals surface area contributed by atoms with E-state index in [1.807, 2.05) is 25.1 Å². The van der Waals surface area contributed by atoms with Gasteiger partial charge in [-0.25, -0.2) is 4.79 Å². The lowest BCUT2D eigenvalue weighted by Crippen LogP contribution is -2.66. The second kappa shape index (κ2) is 5.87. The van der Waals surface area contributed by atoms with Crippen molar-refractivity contribution in [3.63, 3.8) is 0 Å². The van der Waals surface area contributed by atoms with Crippen LogP contribution in [-0.4, -0.2) is 67.6 Å². The minimum atomic E-state index is -0.922. The van der Waals surface area contributed by atoms with Crippen LogP contribution >= 0.6 is 0 Å². The number of rotatable bonds is 2. The minimum Gasteiger partial charge on any atom is -0.465 e. The zero-order valence-electron chi connectivity index (χ0n) is 13.9. The third-order valence-corrected chi connectivity index (χ3v) is 5.10. The molecule has 2 amide bonds. The van der Waals surface area contributed by atoms with Crippen LogP contribution in [-0.2, 0) is 0 Å². The number of carbonyl (C=O) groups excluding carboxylic acids is 1. The van der Waals surface area contributed by atoms with Gasteiger partial charge in [0, 0.05) is 25.6 Å². The predicted octanol–water partition coefficient (Wildman–Crippen LogP) is 1.40. The van der Waals surface area contributed by atoms with E-state index in [-0.39, 0.29) is 11.9 Å². The van der Waals surface area contributed by atoms with Gasteiger partial charge in [0.2, 0.25) is 0 Å². The van der Waals surface area contributed by atoms with Gasteiger partial charge >= 0.3 is 6.09 Å². The molecule has 1 aromatic heterocycles. The number of piperidine rings is 1. The Morgan fingerprint density at radius 1 is 1.20 bits per heavy atom. The number of benzene rings is 1. The Kier molecular flexibility index (Phi) is 3.67. The second-order valence-corrected chi connectivity index (χ2v) is 6.64. The fourth-order valence-electron chi connectivity index (χ4n) is 3.69. The molecule has 0 saturated carbocycles. The van der Waals surface area contributed by atoms with Crippen LogP contribution in [0.25, 0.3) is 5.69 Å². The van der Waals surface area contributed by atoms with Gasteiger partial charge in [0.05, 0.1) is 29.7 Å². The summed E-state index contributed by atoms with van der Waals surface area (Å²) in [6, 6.07) is 5.55. The molecule has 4 rings (SSSR count). The molecular formula is C17H19N5O3. The molecule has 2 aliphatic rings. The fourth-order valence-corrected chi connectivity index (χ4v) is 3.69. The Balaban J connectivity index is 1.62. The highest BCUT2D eigenvalue weighted by Crippen LogP contribution is 2.34. The van der Waals surface area contributed by atoms with Crippen molar-refractivity contribution in [1.29, 1.82) is 0 Å². The van der Waals surface area contributed by atoms with E-state index < -0.39 is 6.09 Å². The second-order valence-electron chi connectivity index (χ2n) is 6.64. The molecule has 8 nitrogen and oxygen atoms in total.